The van der Waals surface area contributed by atoms with Crippen molar-refractivity contribution in [3.63, 3.8) is 0 Å². The van der Waals surface area contributed by atoms with Gasteiger partial charge in [0.25, 0.3) is 0 Å². The summed E-state index contributed by atoms with van der Waals surface area (Å²) in [5.41, 5.74) is 1.74. The minimum Gasteiger partial charge on any atom is -0.508 e. The number of aromatic nitrogens is 4. The average molecular weight is 383 g/mol. The Morgan fingerprint density at radius 3 is 2.79 bits per heavy atom. The highest BCUT2D eigenvalue weighted by Gasteiger charge is 2.43. The molecule has 0 unspecified atom stereocenters. The summed E-state index contributed by atoms with van der Waals surface area (Å²) in [5.74, 6) is 0.618. The van der Waals surface area contributed by atoms with Crippen LogP contribution in [-0.4, -0.2) is 49.9 Å². The second-order valence-corrected chi connectivity index (χ2v) is 7.15. The Kier molecular flexibility index (Phi) is 4.16. The van der Waals surface area contributed by atoms with Crippen molar-refractivity contribution in [3.8, 4) is 34.3 Å². The van der Waals surface area contributed by atoms with E-state index in [1.165, 1.54) is 12.5 Å². The first-order chi connectivity index (χ1) is 13.7. The molecule has 5 rings (SSSR count). The van der Waals surface area contributed by atoms with Gasteiger partial charge in [-0.25, -0.2) is 4.39 Å². The van der Waals surface area contributed by atoms with Gasteiger partial charge >= 0.3 is 0 Å². The third kappa shape index (κ3) is 3.18. The minimum absolute atomic E-state index is 0.0401. The number of alkyl halides is 1. The highest BCUT2D eigenvalue weighted by Crippen LogP contribution is 2.32. The molecular formula is C19H18FN5O3. The van der Waals surface area contributed by atoms with Gasteiger partial charge in [0.15, 0.2) is 6.17 Å². The summed E-state index contributed by atoms with van der Waals surface area (Å²) in [6, 6.07) is 8.41. The highest BCUT2D eigenvalue weighted by molar-refractivity contribution is 5.69. The van der Waals surface area contributed by atoms with Crippen molar-refractivity contribution < 1.29 is 18.7 Å². The van der Waals surface area contributed by atoms with Crippen LogP contribution >= 0.6 is 0 Å². The van der Waals surface area contributed by atoms with Gasteiger partial charge in [0.1, 0.15) is 11.9 Å². The molecular weight excluding hydrogens is 365 g/mol. The average Bonchev–Trinajstić information content (AvgIpc) is 3.37. The summed E-state index contributed by atoms with van der Waals surface area (Å²) in [4.78, 5) is 0. The Morgan fingerprint density at radius 2 is 2.00 bits per heavy atom. The van der Waals surface area contributed by atoms with Gasteiger partial charge in [-0.05, 0) is 37.1 Å². The number of aromatic hydroxyl groups is 1. The molecule has 144 valence electrons. The lowest BCUT2D eigenvalue weighted by Gasteiger charge is -2.32. The summed E-state index contributed by atoms with van der Waals surface area (Å²) in [6.45, 7) is 0. The Morgan fingerprint density at radius 1 is 1.11 bits per heavy atom. The maximum Gasteiger partial charge on any atom is 0.247 e. The van der Waals surface area contributed by atoms with E-state index in [1.807, 2.05) is 0 Å². The number of fused-ring (bicyclic) bond motifs is 2. The number of halogens is 1. The Balaban J connectivity index is 1.35. The van der Waals surface area contributed by atoms with Crippen LogP contribution in [0.1, 0.15) is 19.3 Å². The van der Waals surface area contributed by atoms with Crippen molar-refractivity contribution in [2.24, 2.45) is 0 Å². The van der Waals surface area contributed by atoms with E-state index in [0.717, 1.165) is 12.8 Å². The van der Waals surface area contributed by atoms with Crippen LogP contribution in [0.5, 0.6) is 11.6 Å². The van der Waals surface area contributed by atoms with Gasteiger partial charge in [-0.1, -0.05) is 0 Å². The zero-order valence-electron chi connectivity index (χ0n) is 14.8. The van der Waals surface area contributed by atoms with Crippen LogP contribution in [0.3, 0.4) is 0 Å². The molecule has 9 heteroatoms. The number of phenolic OH excluding ortho intramolecular Hbond substituents is 1. The van der Waals surface area contributed by atoms with Gasteiger partial charge in [-0.15, -0.1) is 20.4 Å². The third-order valence-corrected chi connectivity index (χ3v) is 5.27. The first kappa shape index (κ1) is 17.1. The van der Waals surface area contributed by atoms with Gasteiger partial charge in [0.05, 0.1) is 5.69 Å². The number of benzene rings is 1. The lowest BCUT2D eigenvalue weighted by Crippen LogP contribution is -2.51. The number of rotatable bonds is 4. The standard InChI is InChI=1S/C19H18FN5O3/c20-18-15-2-1-12(22-15)8-16(18)28-17-4-3-14(23-24-17)10-5-11(7-13(26)6-10)19-25-21-9-27-19/h3-7,9,12,15-16,18,22,26H,1-2,8H2/t12-,15+,16-,18+/m0/s1. The molecule has 2 aliphatic rings. The van der Waals surface area contributed by atoms with Crippen LogP contribution in [0.2, 0.25) is 0 Å². The molecule has 28 heavy (non-hydrogen) atoms. The van der Waals surface area contributed by atoms with E-state index in [-0.39, 0.29) is 17.7 Å². The third-order valence-electron chi connectivity index (χ3n) is 5.27. The number of nitrogens with one attached hydrogen (secondary N) is 1. The van der Waals surface area contributed by atoms with Crippen LogP contribution in [0.15, 0.2) is 41.1 Å². The minimum atomic E-state index is -1.05. The van der Waals surface area contributed by atoms with Crippen LogP contribution < -0.4 is 10.1 Å². The molecule has 0 spiro atoms. The van der Waals surface area contributed by atoms with Gasteiger partial charge < -0.3 is 19.6 Å². The highest BCUT2D eigenvalue weighted by atomic mass is 19.1. The smallest absolute Gasteiger partial charge is 0.247 e. The number of nitrogens with zero attached hydrogens (tertiary/aromatic N) is 4. The fourth-order valence-corrected chi connectivity index (χ4v) is 3.94. The van der Waals surface area contributed by atoms with E-state index in [0.29, 0.717) is 35.2 Å². The van der Waals surface area contributed by atoms with Crippen molar-refractivity contribution in [2.45, 2.75) is 43.6 Å². The van der Waals surface area contributed by atoms with Crippen molar-refractivity contribution >= 4 is 0 Å². The maximum atomic E-state index is 14.5. The Hall–Kier alpha value is -3.07. The van der Waals surface area contributed by atoms with Gasteiger partial charge in [0, 0.05) is 35.7 Å². The van der Waals surface area contributed by atoms with E-state index in [1.54, 1.807) is 24.3 Å². The van der Waals surface area contributed by atoms with Gasteiger partial charge in [0.2, 0.25) is 18.2 Å². The zero-order valence-corrected chi connectivity index (χ0v) is 14.8. The normalized spacial score (nSPS) is 26.3. The van der Waals surface area contributed by atoms with Crippen molar-refractivity contribution in [1.29, 1.82) is 0 Å². The number of phenols is 1. The van der Waals surface area contributed by atoms with Crippen molar-refractivity contribution in [1.82, 2.24) is 25.7 Å². The molecule has 2 bridgehead atoms. The van der Waals surface area contributed by atoms with Crippen LogP contribution in [0.4, 0.5) is 4.39 Å². The molecule has 1 aromatic carbocycles. The lowest BCUT2D eigenvalue weighted by atomic mass is 10.0. The molecule has 0 aliphatic carbocycles. The first-order valence-electron chi connectivity index (χ1n) is 9.17. The Labute approximate surface area is 159 Å². The molecule has 8 nitrogen and oxygen atoms in total. The maximum absolute atomic E-state index is 14.5. The molecule has 2 N–H and O–H groups in total. The molecule has 4 heterocycles. The molecule has 0 radical (unpaired) electrons. The fraction of sp³-hybridized carbons (Fsp3) is 0.368. The first-order valence-corrected chi connectivity index (χ1v) is 9.17. The molecule has 0 saturated carbocycles. The lowest BCUT2D eigenvalue weighted by molar-refractivity contribution is 0.0422. The van der Waals surface area contributed by atoms with E-state index < -0.39 is 12.3 Å². The van der Waals surface area contributed by atoms with Crippen molar-refractivity contribution in [3.05, 3.63) is 36.7 Å². The van der Waals surface area contributed by atoms with Gasteiger partial charge in [-0.3, -0.25) is 0 Å². The molecule has 2 fully saturated rings. The predicted octanol–water partition coefficient (Wildman–Crippen LogP) is 2.51. The molecule has 0 amide bonds. The number of ether oxygens (including phenoxy) is 1. The van der Waals surface area contributed by atoms with E-state index >= 15 is 0 Å². The summed E-state index contributed by atoms with van der Waals surface area (Å²) in [7, 11) is 0. The van der Waals surface area contributed by atoms with Crippen LogP contribution in [-0.2, 0) is 0 Å². The quantitative estimate of drug-likeness (QED) is 0.708. The van der Waals surface area contributed by atoms with Crippen LogP contribution in [0, 0.1) is 0 Å². The number of piperidine rings is 1. The SMILES string of the molecule is Oc1cc(-c2ccc(O[C@H]3C[C@@H]4CC[C@@H](N4)[C@H]3F)nn2)cc(-c2nnco2)c1. The van der Waals surface area contributed by atoms with E-state index in [9.17, 15) is 9.50 Å². The van der Waals surface area contributed by atoms with Crippen molar-refractivity contribution in [2.75, 3.05) is 0 Å². The summed E-state index contributed by atoms with van der Waals surface area (Å²) < 4.78 is 25.5. The molecule has 2 saturated heterocycles. The molecule has 4 atom stereocenters. The predicted molar refractivity (Wildman–Crippen MR) is 96.3 cm³/mol. The van der Waals surface area contributed by atoms with E-state index in [4.69, 9.17) is 9.15 Å². The second kappa shape index (κ2) is 6.83. The topological polar surface area (TPSA) is 106 Å². The van der Waals surface area contributed by atoms with Crippen LogP contribution in [0.25, 0.3) is 22.7 Å². The largest absolute Gasteiger partial charge is 0.508 e. The fourth-order valence-electron chi connectivity index (χ4n) is 3.94. The van der Waals surface area contributed by atoms with E-state index in [2.05, 4.69) is 25.7 Å². The number of hydrogen-bond acceptors (Lipinski definition) is 8. The zero-order chi connectivity index (χ0) is 19.1. The second-order valence-electron chi connectivity index (χ2n) is 7.15. The Bertz CT molecular complexity index is 966. The number of hydrogen-bond donors (Lipinski definition) is 2. The van der Waals surface area contributed by atoms with Gasteiger partial charge in [-0.2, -0.15) is 0 Å². The molecule has 3 aromatic rings. The molecule has 2 aromatic heterocycles. The molecule has 2 aliphatic heterocycles. The monoisotopic (exact) mass is 383 g/mol. The summed E-state index contributed by atoms with van der Waals surface area (Å²) in [6.07, 6.45) is 2.11. The summed E-state index contributed by atoms with van der Waals surface area (Å²) in [5, 5.41) is 29.0. The summed E-state index contributed by atoms with van der Waals surface area (Å²) >= 11 is 0.